The van der Waals surface area contributed by atoms with Crippen LogP contribution in [-0.2, 0) is 5.41 Å². The van der Waals surface area contributed by atoms with Crippen LogP contribution in [0.5, 0.6) is 0 Å². The summed E-state index contributed by atoms with van der Waals surface area (Å²) in [6.07, 6.45) is 0. The monoisotopic (exact) mass is 808 g/mol. The lowest BCUT2D eigenvalue weighted by Crippen LogP contribution is -2.17. The Morgan fingerprint density at radius 2 is 0.667 bits per heavy atom. The molecule has 1 aliphatic rings. The number of hydrogen-bond acceptors (Lipinski definition) is 2. The second-order valence-electron chi connectivity index (χ2n) is 17.5. The SMILES string of the molecule is Cc1ccc(N(c2ccc(-c3ccccc3)cc2)c2c3ccccc3c(N(c3ccc(C)cc3)c3ccc(-c4ccccc4)cc3)c3cc4c(cc23)-c2ccccc2C4(C)C)cc1. The van der Waals surface area contributed by atoms with E-state index in [2.05, 4.69) is 256 Å². The summed E-state index contributed by atoms with van der Waals surface area (Å²) in [5.41, 5.74) is 19.1. The van der Waals surface area contributed by atoms with E-state index in [1.54, 1.807) is 0 Å². The standard InChI is InChI=1S/C61H48N2/c1-41-23-31-47(32-24-41)62(49-35-27-45(28-36-49)43-15-7-5-8-16-43)59-52-20-11-12-21-53(52)60(56-40-58-54(39-55(56)59)51-19-13-14-22-57(51)61(58,3)4)63(48-33-25-42(2)26-34-48)50-37-29-46(30-38-50)44-17-9-6-10-18-44/h5-40H,1-4H3. The first-order valence-corrected chi connectivity index (χ1v) is 22.0. The normalized spacial score (nSPS) is 12.6. The minimum absolute atomic E-state index is 0.195. The molecule has 0 spiro atoms. The average molecular weight is 809 g/mol. The summed E-state index contributed by atoms with van der Waals surface area (Å²) < 4.78 is 0. The molecule has 10 aromatic rings. The third-order valence-corrected chi connectivity index (χ3v) is 13.2. The summed E-state index contributed by atoms with van der Waals surface area (Å²) in [6.45, 7) is 9.10. The third kappa shape index (κ3) is 6.58. The largest absolute Gasteiger partial charge is 0.309 e. The predicted octanol–water partition coefficient (Wildman–Crippen LogP) is 17.2. The Balaban J connectivity index is 1.25. The maximum absolute atomic E-state index is 2.53. The fraction of sp³-hybridized carbons (Fsp3) is 0.0820. The molecule has 11 rings (SSSR count). The van der Waals surface area contributed by atoms with Crippen LogP contribution in [0, 0.1) is 13.8 Å². The van der Waals surface area contributed by atoms with Gasteiger partial charge in [0.2, 0.25) is 0 Å². The van der Waals surface area contributed by atoms with E-state index >= 15 is 0 Å². The zero-order chi connectivity index (χ0) is 42.7. The lowest BCUT2D eigenvalue weighted by molar-refractivity contribution is 0.661. The Bertz CT molecular complexity index is 3280. The molecule has 0 heterocycles. The van der Waals surface area contributed by atoms with Crippen molar-refractivity contribution in [3.63, 3.8) is 0 Å². The molecule has 2 nitrogen and oxygen atoms in total. The Hall–Kier alpha value is -7.68. The molecule has 302 valence electrons. The number of aryl methyl sites for hydroxylation is 2. The van der Waals surface area contributed by atoms with Gasteiger partial charge >= 0.3 is 0 Å². The van der Waals surface area contributed by atoms with Gasteiger partial charge in [-0.3, -0.25) is 0 Å². The topological polar surface area (TPSA) is 6.48 Å². The number of fused-ring (bicyclic) bond motifs is 5. The summed E-state index contributed by atoms with van der Waals surface area (Å²) in [6, 6.07) is 80.6. The second-order valence-corrected chi connectivity index (χ2v) is 17.5. The van der Waals surface area contributed by atoms with E-state index in [-0.39, 0.29) is 5.41 Å². The fourth-order valence-electron chi connectivity index (χ4n) is 9.88. The van der Waals surface area contributed by atoms with Crippen LogP contribution in [0.4, 0.5) is 34.1 Å². The third-order valence-electron chi connectivity index (χ3n) is 13.2. The van der Waals surface area contributed by atoms with E-state index in [0.29, 0.717) is 0 Å². The van der Waals surface area contributed by atoms with Crippen molar-refractivity contribution < 1.29 is 0 Å². The van der Waals surface area contributed by atoms with Gasteiger partial charge in [-0.2, -0.15) is 0 Å². The van der Waals surface area contributed by atoms with E-state index < -0.39 is 0 Å². The number of hydrogen-bond donors (Lipinski definition) is 0. The molecule has 2 heteroatoms. The lowest BCUT2D eigenvalue weighted by atomic mass is 9.81. The summed E-state index contributed by atoms with van der Waals surface area (Å²) in [5, 5.41) is 4.75. The summed E-state index contributed by atoms with van der Waals surface area (Å²) >= 11 is 0. The molecule has 0 N–H and O–H groups in total. The number of rotatable bonds is 8. The molecule has 0 unspecified atom stereocenters. The summed E-state index contributed by atoms with van der Waals surface area (Å²) in [7, 11) is 0. The van der Waals surface area contributed by atoms with Crippen molar-refractivity contribution in [2.45, 2.75) is 33.1 Å². The van der Waals surface area contributed by atoms with Gasteiger partial charge in [-0.1, -0.05) is 183 Å². The van der Waals surface area contributed by atoms with Gasteiger partial charge in [-0.15, -0.1) is 0 Å². The van der Waals surface area contributed by atoms with E-state index in [1.807, 2.05) is 0 Å². The molecule has 0 radical (unpaired) electrons. The number of anilines is 6. The average Bonchev–Trinajstić information content (AvgIpc) is 3.56. The minimum atomic E-state index is -0.195. The molecular weight excluding hydrogens is 761 g/mol. The van der Waals surface area contributed by atoms with Gasteiger partial charge in [0.05, 0.1) is 11.4 Å². The van der Waals surface area contributed by atoms with E-state index in [0.717, 1.165) is 28.4 Å². The quantitative estimate of drug-likeness (QED) is 0.111. The van der Waals surface area contributed by atoms with Crippen molar-refractivity contribution >= 4 is 55.7 Å². The highest BCUT2D eigenvalue weighted by molar-refractivity contribution is 6.24. The Morgan fingerprint density at radius 3 is 1.13 bits per heavy atom. The molecule has 0 atom stereocenters. The Labute approximate surface area is 371 Å². The van der Waals surface area contributed by atoms with Crippen molar-refractivity contribution in [1.29, 1.82) is 0 Å². The van der Waals surface area contributed by atoms with Crippen LogP contribution in [0.15, 0.2) is 218 Å². The summed E-state index contributed by atoms with van der Waals surface area (Å²) in [5.74, 6) is 0. The first kappa shape index (κ1) is 38.3. The van der Waals surface area contributed by atoms with Crippen LogP contribution in [-0.4, -0.2) is 0 Å². The molecule has 63 heavy (non-hydrogen) atoms. The maximum Gasteiger partial charge on any atom is 0.0620 e. The molecule has 10 aromatic carbocycles. The molecule has 0 aliphatic heterocycles. The van der Waals surface area contributed by atoms with Gasteiger partial charge in [0.1, 0.15) is 0 Å². The zero-order valence-electron chi connectivity index (χ0n) is 36.2. The van der Waals surface area contributed by atoms with Crippen LogP contribution >= 0.6 is 0 Å². The van der Waals surface area contributed by atoms with Crippen molar-refractivity contribution in [1.82, 2.24) is 0 Å². The lowest BCUT2D eigenvalue weighted by Gasteiger charge is -2.33. The van der Waals surface area contributed by atoms with Crippen LogP contribution in [0.3, 0.4) is 0 Å². The Morgan fingerprint density at radius 1 is 0.302 bits per heavy atom. The minimum Gasteiger partial charge on any atom is -0.309 e. The highest BCUT2D eigenvalue weighted by atomic mass is 15.2. The van der Waals surface area contributed by atoms with Gasteiger partial charge in [0.25, 0.3) is 0 Å². The maximum atomic E-state index is 2.53. The molecule has 1 aliphatic carbocycles. The predicted molar refractivity (Wildman–Crippen MR) is 269 cm³/mol. The molecule has 0 aromatic heterocycles. The van der Waals surface area contributed by atoms with Crippen molar-refractivity contribution in [3.8, 4) is 33.4 Å². The van der Waals surface area contributed by atoms with Gasteiger partial charge in [0.15, 0.2) is 0 Å². The first-order chi connectivity index (χ1) is 30.8. The molecule has 0 amide bonds. The molecular formula is C61H48N2. The van der Waals surface area contributed by atoms with Gasteiger partial charge in [0, 0.05) is 49.7 Å². The molecule has 0 fully saturated rings. The fourth-order valence-corrected chi connectivity index (χ4v) is 9.88. The van der Waals surface area contributed by atoms with Gasteiger partial charge in [-0.05, 0) is 119 Å². The van der Waals surface area contributed by atoms with Gasteiger partial charge in [-0.25, -0.2) is 0 Å². The van der Waals surface area contributed by atoms with Crippen LogP contribution < -0.4 is 9.80 Å². The van der Waals surface area contributed by atoms with E-state index in [1.165, 1.54) is 82.9 Å². The molecule has 0 bridgehead atoms. The van der Waals surface area contributed by atoms with E-state index in [4.69, 9.17) is 0 Å². The zero-order valence-corrected chi connectivity index (χ0v) is 36.2. The van der Waals surface area contributed by atoms with Crippen LogP contribution in [0.1, 0.15) is 36.1 Å². The number of benzene rings is 10. The first-order valence-electron chi connectivity index (χ1n) is 22.0. The van der Waals surface area contributed by atoms with Crippen LogP contribution in [0.2, 0.25) is 0 Å². The molecule has 0 saturated heterocycles. The smallest absolute Gasteiger partial charge is 0.0620 e. The van der Waals surface area contributed by atoms with Crippen molar-refractivity contribution in [2.75, 3.05) is 9.80 Å². The molecule has 0 saturated carbocycles. The highest BCUT2D eigenvalue weighted by Crippen LogP contribution is 2.56. The number of nitrogens with zero attached hydrogens (tertiary/aromatic N) is 2. The Kier molecular flexibility index (Phi) is 9.32. The summed E-state index contributed by atoms with van der Waals surface area (Å²) in [4.78, 5) is 4.99. The van der Waals surface area contributed by atoms with E-state index in [9.17, 15) is 0 Å². The van der Waals surface area contributed by atoms with Crippen LogP contribution in [0.25, 0.3) is 54.9 Å². The second kappa shape index (κ2) is 15.3. The van der Waals surface area contributed by atoms with Crippen molar-refractivity contribution in [2.24, 2.45) is 0 Å². The van der Waals surface area contributed by atoms with Crippen molar-refractivity contribution in [3.05, 3.63) is 241 Å². The van der Waals surface area contributed by atoms with Gasteiger partial charge < -0.3 is 9.80 Å². The highest BCUT2D eigenvalue weighted by Gasteiger charge is 2.37.